The SMILES string of the molecule is O=C(O)OC1(CCCCCOc2ccc(Cl)cc2)CO1. The van der Waals surface area contributed by atoms with Crippen molar-refractivity contribution in [1.82, 2.24) is 0 Å². The third-order valence-electron chi connectivity index (χ3n) is 3.02. The van der Waals surface area contributed by atoms with Crippen LogP contribution < -0.4 is 4.74 Å². The highest BCUT2D eigenvalue weighted by atomic mass is 35.5. The van der Waals surface area contributed by atoms with Crippen LogP contribution in [0.3, 0.4) is 0 Å². The summed E-state index contributed by atoms with van der Waals surface area (Å²) in [6.45, 7) is 0.982. The van der Waals surface area contributed by atoms with Crippen LogP contribution in [-0.4, -0.2) is 30.3 Å². The molecule has 0 bridgehead atoms. The van der Waals surface area contributed by atoms with Gasteiger partial charge in [0.25, 0.3) is 0 Å². The third kappa shape index (κ3) is 4.90. The Morgan fingerprint density at radius 1 is 1.30 bits per heavy atom. The molecule has 20 heavy (non-hydrogen) atoms. The second-order valence-corrected chi connectivity index (χ2v) is 5.12. The molecule has 0 aromatic heterocycles. The largest absolute Gasteiger partial charge is 0.508 e. The molecule has 0 spiro atoms. The third-order valence-corrected chi connectivity index (χ3v) is 3.28. The van der Waals surface area contributed by atoms with Crippen molar-refractivity contribution >= 4 is 17.8 Å². The number of carboxylic acid groups (broad SMARTS) is 1. The number of benzene rings is 1. The first kappa shape index (κ1) is 14.9. The molecule has 1 aliphatic heterocycles. The van der Waals surface area contributed by atoms with Crippen LogP contribution in [0.5, 0.6) is 5.75 Å². The number of unbranched alkanes of at least 4 members (excludes halogenated alkanes) is 2. The average molecular weight is 301 g/mol. The van der Waals surface area contributed by atoms with Gasteiger partial charge in [-0.15, -0.1) is 0 Å². The molecular weight excluding hydrogens is 284 g/mol. The number of ether oxygens (including phenoxy) is 3. The van der Waals surface area contributed by atoms with Gasteiger partial charge in [0.1, 0.15) is 12.4 Å². The van der Waals surface area contributed by atoms with E-state index in [-0.39, 0.29) is 0 Å². The minimum Gasteiger partial charge on any atom is -0.494 e. The highest BCUT2D eigenvalue weighted by Gasteiger charge is 2.48. The van der Waals surface area contributed by atoms with Gasteiger partial charge in [0.05, 0.1) is 6.61 Å². The van der Waals surface area contributed by atoms with Gasteiger partial charge in [-0.2, -0.15) is 0 Å². The average Bonchev–Trinajstić information content (AvgIpc) is 3.15. The highest BCUT2D eigenvalue weighted by molar-refractivity contribution is 6.30. The van der Waals surface area contributed by atoms with Gasteiger partial charge >= 0.3 is 6.16 Å². The summed E-state index contributed by atoms with van der Waals surface area (Å²) in [6, 6.07) is 7.23. The van der Waals surface area contributed by atoms with Crippen molar-refractivity contribution in [3.8, 4) is 5.75 Å². The molecule has 1 fully saturated rings. The monoisotopic (exact) mass is 300 g/mol. The van der Waals surface area contributed by atoms with Crippen LogP contribution >= 0.6 is 11.6 Å². The van der Waals surface area contributed by atoms with Crippen molar-refractivity contribution in [2.75, 3.05) is 13.2 Å². The molecule has 1 unspecified atom stereocenters. The summed E-state index contributed by atoms with van der Waals surface area (Å²) < 4.78 is 15.3. The number of carbonyl (C=O) groups is 1. The minimum absolute atomic E-state index is 0.362. The molecule has 1 heterocycles. The zero-order valence-electron chi connectivity index (χ0n) is 11.0. The maximum Gasteiger partial charge on any atom is 0.508 e. The molecule has 1 aromatic rings. The molecule has 110 valence electrons. The van der Waals surface area contributed by atoms with Gasteiger partial charge in [0.15, 0.2) is 0 Å². The lowest BCUT2D eigenvalue weighted by Gasteiger charge is -2.10. The molecule has 1 aliphatic rings. The number of halogens is 1. The van der Waals surface area contributed by atoms with Crippen molar-refractivity contribution in [1.29, 1.82) is 0 Å². The first-order valence-corrected chi connectivity index (χ1v) is 6.92. The lowest BCUT2D eigenvalue weighted by atomic mass is 10.1. The predicted octanol–water partition coefficient (Wildman–Crippen LogP) is 3.70. The topological polar surface area (TPSA) is 68.3 Å². The molecule has 1 N–H and O–H groups in total. The van der Waals surface area contributed by atoms with E-state index in [2.05, 4.69) is 4.74 Å². The molecule has 0 aliphatic carbocycles. The van der Waals surface area contributed by atoms with E-state index in [1.807, 2.05) is 12.1 Å². The zero-order chi connectivity index (χ0) is 14.4. The Hall–Kier alpha value is -1.46. The first-order chi connectivity index (χ1) is 9.60. The van der Waals surface area contributed by atoms with Gasteiger partial charge < -0.3 is 19.3 Å². The van der Waals surface area contributed by atoms with E-state index in [1.165, 1.54) is 0 Å². The molecule has 5 nitrogen and oxygen atoms in total. The normalized spacial score (nSPS) is 20.4. The van der Waals surface area contributed by atoms with E-state index >= 15 is 0 Å². The number of hydrogen-bond acceptors (Lipinski definition) is 4. The molecular formula is C14H17ClO5. The zero-order valence-corrected chi connectivity index (χ0v) is 11.8. The summed E-state index contributed by atoms with van der Waals surface area (Å²) in [7, 11) is 0. The number of hydrogen-bond donors (Lipinski definition) is 1. The van der Waals surface area contributed by atoms with Gasteiger partial charge in [-0.1, -0.05) is 11.6 Å². The van der Waals surface area contributed by atoms with E-state index in [0.29, 0.717) is 24.7 Å². The molecule has 0 amide bonds. The summed E-state index contributed by atoms with van der Waals surface area (Å²) in [4.78, 5) is 10.4. The quantitative estimate of drug-likeness (QED) is 0.450. The van der Waals surface area contributed by atoms with Gasteiger partial charge in [0.2, 0.25) is 5.79 Å². The first-order valence-electron chi connectivity index (χ1n) is 6.54. The highest BCUT2D eigenvalue weighted by Crippen LogP contribution is 2.34. The minimum atomic E-state index is -1.28. The van der Waals surface area contributed by atoms with E-state index in [4.69, 9.17) is 26.2 Å². The lowest BCUT2D eigenvalue weighted by molar-refractivity contribution is -0.0245. The van der Waals surface area contributed by atoms with Crippen molar-refractivity contribution in [3.63, 3.8) is 0 Å². The van der Waals surface area contributed by atoms with Crippen LogP contribution in [0, 0.1) is 0 Å². The standard InChI is InChI=1S/C14H17ClO5/c15-11-4-6-12(7-5-11)18-9-3-1-2-8-14(10-19-14)20-13(16)17/h4-7H,1-3,8-10H2,(H,16,17). The van der Waals surface area contributed by atoms with Crippen molar-refractivity contribution in [2.45, 2.75) is 31.5 Å². The Morgan fingerprint density at radius 2 is 2.00 bits per heavy atom. The maximum absolute atomic E-state index is 10.4. The molecule has 2 rings (SSSR count). The van der Waals surface area contributed by atoms with Crippen LogP contribution in [0.25, 0.3) is 0 Å². The number of epoxide rings is 1. The van der Waals surface area contributed by atoms with Crippen LogP contribution in [-0.2, 0) is 9.47 Å². The molecule has 0 saturated carbocycles. The van der Waals surface area contributed by atoms with Crippen LogP contribution in [0.1, 0.15) is 25.7 Å². The Labute approximate surface area is 122 Å². The maximum atomic E-state index is 10.4. The second kappa shape index (κ2) is 6.81. The van der Waals surface area contributed by atoms with Gasteiger partial charge in [-0.05, 0) is 43.5 Å². The molecule has 1 atom stereocenters. The Morgan fingerprint density at radius 3 is 2.60 bits per heavy atom. The summed E-state index contributed by atoms with van der Waals surface area (Å²) in [5.74, 6) is -0.0753. The van der Waals surface area contributed by atoms with Crippen LogP contribution in [0.15, 0.2) is 24.3 Å². The van der Waals surface area contributed by atoms with E-state index in [9.17, 15) is 4.79 Å². The molecule has 1 aromatic carbocycles. The fourth-order valence-electron chi connectivity index (χ4n) is 1.89. The predicted molar refractivity (Wildman–Crippen MR) is 73.2 cm³/mol. The van der Waals surface area contributed by atoms with E-state index in [1.54, 1.807) is 12.1 Å². The van der Waals surface area contributed by atoms with Crippen molar-refractivity contribution < 1.29 is 24.1 Å². The summed E-state index contributed by atoms with van der Waals surface area (Å²) in [6.07, 6.45) is 1.99. The Balaban J connectivity index is 1.54. The Bertz CT molecular complexity index is 441. The van der Waals surface area contributed by atoms with Crippen LogP contribution in [0.4, 0.5) is 4.79 Å². The van der Waals surface area contributed by atoms with Gasteiger partial charge in [-0.3, -0.25) is 0 Å². The Kier molecular flexibility index (Phi) is 5.09. The van der Waals surface area contributed by atoms with Crippen molar-refractivity contribution in [2.24, 2.45) is 0 Å². The second-order valence-electron chi connectivity index (χ2n) is 4.68. The van der Waals surface area contributed by atoms with E-state index in [0.717, 1.165) is 25.0 Å². The van der Waals surface area contributed by atoms with Crippen molar-refractivity contribution in [3.05, 3.63) is 29.3 Å². The molecule has 6 heteroatoms. The van der Waals surface area contributed by atoms with Gasteiger partial charge in [-0.25, -0.2) is 4.79 Å². The summed E-state index contributed by atoms with van der Waals surface area (Å²) in [5, 5.41) is 9.23. The summed E-state index contributed by atoms with van der Waals surface area (Å²) in [5.41, 5.74) is 0. The molecule has 1 saturated heterocycles. The fourth-order valence-corrected chi connectivity index (χ4v) is 2.01. The van der Waals surface area contributed by atoms with E-state index < -0.39 is 11.9 Å². The van der Waals surface area contributed by atoms with Crippen LogP contribution in [0.2, 0.25) is 5.02 Å². The fraction of sp³-hybridized carbons (Fsp3) is 0.500. The lowest BCUT2D eigenvalue weighted by Crippen LogP contribution is -2.19. The molecule has 0 radical (unpaired) electrons. The number of rotatable bonds is 8. The smallest absolute Gasteiger partial charge is 0.494 e. The summed E-state index contributed by atoms with van der Waals surface area (Å²) >= 11 is 5.78. The van der Waals surface area contributed by atoms with Gasteiger partial charge in [0, 0.05) is 11.4 Å².